The Labute approximate surface area is 108 Å². The van der Waals surface area contributed by atoms with Gasteiger partial charge in [0.2, 0.25) is 0 Å². The van der Waals surface area contributed by atoms with E-state index in [9.17, 15) is 4.21 Å². The maximum Gasteiger partial charge on any atom is 0.172 e. The van der Waals surface area contributed by atoms with Gasteiger partial charge in [0.05, 0.1) is 4.90 Å². The van der Waals surface area contributed by atoms with Crippen molar-refractivity contribution in [1.82, 2.24) is 0 Å². The molecule has 1 unspecified atom stereocenters. The van der Waals surface area contributed by atoms with E-state index in [1.165, 1.54) is 0 Å². The van der Waals surface area contributed by atoms with Gasteiger partial charge >= 0.3 is 0 Å². The number of benzene rings is 2. The first-order chi connectivity index (χ1) is 8.25. The Bertz CT molecular complexity index is 537. The molecule has 1 atom stereocenters. The summed E-state index contributed by atoms with van der Waals surface area (Å²) < 4.78 is 15.8. The molecule has 4 heteroatoms. The second kappa shape index (κ2) is 5.75. The highest BCUT2D eigenvalue weighted by Gasteiger charge is 2.00. The first-order valence-corrected chi connectivity index (χ1v) is 6.51. The van der Waals surface area contributed by atoms with Gasteiger partial charge in [0, 0.05) is 11.2 Å². The first kappa shape index (κ1) is 12.0. The number of hydrogen-bond donors (Lipinski definition) is 0. The van der Waals surface area contributed by atoms with E-state index in [0.29, 0.717) is 9.92 Å². The molecule has 0 fully saturated rings. The maximum absolute atomic E-state index is 11.8. The predicted octanol–water partition coefficient (Wildman–Crippen LogP) is 3.48. The Morgan fingerprint density at radius 1 is 1.00 bits per heavy atom. The fourth-order valence-electron chi connectivity index (χ4n) is 1.26. The summed E-state index contributed by atoms with van der Waals surface area (Å²) in [5.74, 6) is 0. The second-order valence-electron chi connectivity index (χ2n) is 3.35. The van der Waals surface area contributed by atoms with Gasteiger partial charge < -0.3 is 0 Å². The van der Waals surface area contributed by atoms with Gasteiger partial charge in [-0.1, -0.05) is 41.9 Å². The van der Waals surface area contributed by atoms with Gasteiger partial charge in [0.1, 0.15) is 0 Å². The average Bonchev–Trinajstić information content (AvgIpc) is 2.38. The topological polar surface area (TPSA) is 29.4 Å². The van der Waals surface area contributed by atoms with Crippen LogP contribution in [0.3, 0.4) is 0 Å². The smallest absolute Gasteiger partial charge is 0.172 e. The Balaban J connectivity index is 2.12. The molecular formula is C13H10ClNOS. The van der Waals surface area contributed by atoms with E-state index < -0.39 is 11.0 Å². The highest BCUT2D eigenvalue weighted by Crippen LogP contribution is 2.13. The third-order valence-corrected chi connectivity index (χ3v) is 3.34. The molecule has 0 heterocycles. The van der Waals surface area contributed by atoms with Crippen LogP contribution in [0.15, 0.2) is 63.9 Å². The Kier molecular flexibility index (Phi) is 4.07. The summed E-state index contributed by atoms with van der Waals surface area (Å²) in [5.41, 5.74) is 0.926. The van der Waals surface area contributed by atoms with E-state index in [2.05, 4.69) is 4.40 Å². The van der Waals surface area contributed by atoms with E-state index >= 15 is 0 Å². The van der Waals surface area contributed by atoms with Crippen molar-refractivity contribution in [2.45, 2.75) is 4.90 Å². The molecule has 0 N–H and O–H groups in total. The van der Waals surface area contributed by atoms with Crippen molar-refractivity contribution in [2.75, 3.05) is 0 Å². The van der Waals surface area contributed by atoms with Gasteiger partial charge in [-0.05, 0) is 29.8 Å². The average molecular weight is 264 g/mol. The lowest BCUT2D eigenvalue weighted by molar-refractivity contribution is 0.684. The lowest BCUT2D eigenvalue weighted by Crippen LogP contribution is -1.88. The van der Waals surface area contributed by atoms with Crippen molar-refractivity contribution in [3.63, 3.8) is 0 Å². The van der Waals surface area contributed by atoms with Crippen LogP contribution >= 0.6 is 11.6 Å². The van der Waals surface area contributed by atoms with Gasteiger partial charge in [0.15, 0.2) is 11.0 Å². The summed E-state index contributed by atoms with van der Waals surface area (Å²) in [6, 6.07) is 16.4. The standard InChI is InChI=1S/C13H10ClNOS/c14-12-6-8-13(9-7-12)17(16)15-10-11-4-2-1-3-5-11/h1-10H. The molecule has 0 aromatic heterocycles. The molecule has 0 amide bonds. The van der Waals surface area contributed by atoms with Crippen LogP contribution in [0.5, 0.6) is 0 Å². The molecule has 2 aromatic rings. The molecule has 86 valence electrons. The monoisotopic (exact) mass is 263 g/mol. The SMILES string of the molecule is O=S(N=Cc1ccccc1)c1ccc(Cl)cc1. The molecule has 0 saturated heterocycles. The minimum absolute atomic E-state index is 0.623. The summed E-state index contributed by atoms with van der Waals surface area (Å²) in [6.45, 7) is 0. The number of hydrogen-bond acceptors (Lipinski definition) is 1. The number of nitrogens with zero attached hydrogens (tertiary/aromatic N) is 1. The van der Waals surface area contributed by atoms with Crippen LogP contribution in [0.4, 0.5) is 0 Å². The lowest BCUT2D eigenvalue weighted by Gasteiger charge is -1.96. The molecule has 0 bridgehead atoms. The molecule has 0 spiro atoms. The first-order valence-electron chi connectivity index (χ1n) is 5.02. The van der Waals surface area contributed by atoms with E-state index in [-0.39, 0.29) is 0 Å². The largest absolute Gasteiger partial charge is 0.229 e. The number of halogens is 1. The molecule has 17 heavy (non-hydrogen) atoms. The highest BCUT2D eigenvalue weighted by atomic mass is 35.5. The van der Waals surface area contributed by atoms with E-state index in [1.807, 2.05) is 30.3 Å². The summed E-state index contributed by atoms with van der Waals surface area (Å²) >= 11 is 5.75. The molecule has 0 saturated carbocycles. The zero-order valence-electron chi connectivity index (χ0n) is 8.92. The van der Waals surface area contributed by atoms with Crippen LogP contribution in [0, 0.1) is 0 Å². The van der Waals surface area contributed by atoms with Gasteiger partial charge in [-0.25, -0.2) is 4.21 Å². The molecule has 0 aliphatic carbocycles. The molecule has 0 aliphatic rings. The number of rotatable bonds is 3. The van der Waals surface area contributed by atoms with Crippen molar-refractivity contribution in [2.24, 2.45) is 4.40 Å². The van der Waals surface area contributed by atoms with Gasteiger partial charge in [0.25, 0.3) is 0 Å². The molecule has 0 radical (unpaired) electrons. The summed E-state index contributed by atoms with van der Waals surface area (Å²) in [5, 5.41) is 0.623. The normalized spacial score (nSPS) is 12.8. The third kappa shape index (κ3) is 3.51. The van der Waals surface area contributed by atoms with Gasteiger partial charge in [-0.3, -0.25) is 0 Å². The fraction of sp³-hybridized carbons (Fsp3) is 0. The molecule has 2 nitrogen and oxygen atoms in total. The van der Waals surface area contributed by atoms with Crippen molar-refractivity contribution < 1.29 is 4.21 Å². The highest BCUT2D eigenvalue weighted by molar-refractivity contribution is 7.83. The zero-order chi connectivity index (χ0) is 12.1. The Morgan fingerprint density at radius 3 is 2.29 bits per heavy atom. The van der Waals surface area contributed by atoms with Crippen LogP contribution in [-0.2, 0) is 11.0 Å². The molecule has 2 aromatic carbocycles. The Morgan fingerprint density at radius 2 is 1.65 bits per heavy atom. The molecule has 2 rings (SSSR count). The maximum atomic E-state index is 11.8. The van der Waals surface area contributed by atoms with Crippen LogP contribution in [-0.4, -0.2) is 10.4 Å². The minimum Gasteiger partial charge on any atom is -0.229 e. The van der Waals surface area contributed by atoms with Crippen molar-refractivity contribution in [1.29, 1.82) is 0 Å². The van der Waals surface area contributed by atoms with Crippen LogP contribution in [0.1, 0.15) is 5.56 Å². The van der Waals surface area contributed by atoms with Gasteiger partial charge in [-0.2, -0.15) is 4.40 Å². The van der Waals surface area contributed by atoms with Gasteiger partial charge in [-0.15, -0.1) is 0 Å². The molecule has 0 aliphatic heterocycles. The molecular weight excluding hydrogens is 254 g/mol. The van der Waals surface area contributed by atoms with Crippen LogP contribution in [0.25, 0.3) is 0 Å². The second-order valence-corrected chi connectivity index (χ2v) is 4.97. The van der Waals surface area contributed by atoms with Crippen molar-refractivity contribution in [3.05, 3.63) is 65.2 Å². The summed E-state index contributed by atoms with van der Waals surface area (Å²) in [7, 11) is -1.38. The fourth-order valence-corrected chi connectivity index (χ4v) is 2.09. The van der Waals surface area contributed by atoms with E-state index in [1.54, 1.807) is 30.5 Å². The van der Waals surface area contributed by atoms with Crippen molar-refractivity contribution in [3.8, 4) is 0 Å². The van der Waals surface area contributed by atoms with Crippen LogP contribution in [0.2, 0.25) is 5.02 Å². The lowest BCUT2D eigenvalue weighted by atomic mass is 10.2. The predicted molar refractivity (Wildman–Crippen MR) is 71.9 cm³/mol. The van der Waals surface area contributed by atoms with E-state index in [4.69, 9.17) is 11.6 Å². The zero-order valence-corrected chi connectivity index (χ0v) is 10.5. The van der Waals surface area contributed by atoms with Crippen LogP contribution < -0.4 is 0 Å². The minimum atomic E-state index is -1.38. The summed E-state index contributed by atoms with van der Waals surface area (Å²) in [6.07, 6.45) is 1.60. The van der Waals surface area contributed by atoms with E-state index in [0.717, 1.165) is 5.56 Å². The summed E-state index contributed by atoms with van der Waals surface area (Å²) in [4.78, 5) is 0.640. The third-order valence-electron chi connectivity index (χ3n) is 2.11. The quantitative estimate of drug-likeness (QED) is 0.780. The Hall–Kier alpha value is -1.45. The van der Waals surface area contributed by atoms with Crippen molar-refractivity contribution >= 4 is 28.8 Å².